The molecule has 0 aliphatic rings. The van der Waals surface area contributed by atoms with Crippen LogP contribution in [-0.2, 0) is 9.59 Å². The zero-order chi connectivity index (χ0) is 17.4. The lowest BCUT2D eigenvalue weighted by molar-refractivity contribution is -0.123. The number of hydrogen-bond acceptors (Lipinski definition) is 5. The van der Waals surface area contributed by atoms with E-state index in [4.69, 9.17) is 14.2 Å². The van der Waals surface area contributed by atoms with E-state index in [9.17, 15) is 9.59 Å². The molecule has 2 amide bonds. The van der Waals surface area contributed by atoms with E-state index in [1.807, 2.05) is 6.92 Å². The smallest absolute Gasteiger partial charge is 0.240 e. The van der Waals surface area contributed by atoms with E-state index >= 15 is 0 Å². The first kappa shape index (κ1) is 18.6. The van der Waals surface area contributed by atoms with Crippen molar-refractivity contribution in [3.05, 3.63) is 12.1 Å². The molecule has 0 aromatic heterocycles. The number of amides is 2. The first-order valence-corrected chi connectivity index (χ1v) is 7.33. The fourth-order valence-electron chi connectivity index (χ4n) is 2.07. The molecule has 1 aromatic rings. The Morgan fingerprint density at radius 2 is 1.65 bits per heavy atom. The highest BCUT2D eigenvalue weighted by Crippen LogP contribution is 2.41. The highest BCUT2D eigenvalue weighted by molar-refractivity contribution is 5.98. The van der Waals surface area contributed by atoms with Gasteiger partial charge >= 0.3 is 0 Å². The number of ether oxygens (including phenoxy) is 3. The highest BCUT2D eigenvalue weighted by atomic mass is 16.5. The summed E-state index contributed by atoms with van der Waals surface area (Å²) in [6, 6.07) is 3.27. The molecule has 0 aliphatic carbocycles. The number of hydrogen-bond donors (Lipinski definition) is 1. The standard InChI is InChI=1S/C16H24N2O5/c1-6-7-17-15(20)10-18(11(2)19)12-8-13(21-3)16(23-5)14(9-12)22-4/h8-9H,6-7,10H2,1-5H3,(H,17,20). The van der Waals surface area contributed by atoms with Crippen molar-refractivity contribution in [3.8, 4) is 17.2 Å². The van der Waals surface area contributed by atoms with Gasteiger partial charge in [0.1, 0.15) is 6.54 Å². The molecule has 128 valence electrons. The van der Waals surface area contributed by atoms with Crippen LogP contribution < -0.4 is 24.4 Å². The van der Waals surface area contributed by atoms with Gasteiger partial charge in [-0.1, -0.05) is 6.92 Å². The van der Waals surface area contributed by atoms with E-state index < -0.39 is 0 Å². The Balaban J connectivity index is 3.17. The minimum Gasteiger partial charge on any atom is -0.493 e. The van der Waals surface area contributed by atoms with Gasteiger partial charge in [-0.15, -0.1) is 0 Å². The van der Waals surface area contributed by atoms with Crippen LogP contribution in [0.1, 0.15) is 20.3 Å². The first-order valence-electron chi connectivity index (χ1n) is 7.33. The SMILES string of the molecule is CCCNC(=O)CN(C(C)=O)c1cc(OC)c(OC)c(OC)c1. The normalized spacial score (nSPS) is 9.96. The summed E-state index contributed by atoms with van der Waals surface area (Å²) in [5, 5.41) is 2.75. The Morgan fingerprint density at radius 3 is 2.04 bits per heavy atom. The summed E-state index contributed by atoms with van der Waals surface area (Å²) in [6.07, 6.45) is 0.829. The van der Waals surface area contributed by atoms with Crippen molar-refractivity contribution < 1.29 is 23.8 Å². The molecule has 1 rings (SSSR count). The molecule has 0 spiro atoms. The largest absolute Gasteiger partial charge is 0.493 e. The maximum Gasteiger partial charge on any atom is 0.240 e. The Hall–Kier alpha value is -2.44. The Bertz CT molecular complexity index is 534. The number of carbonyl (C=O) groups excluding carboxylic acids is 2. The molecular weight excluding hydrogens is 300 g/mol. The molecule has 1 aromatic carbocycles. The summed E-state index contributed by atoms with van der Waals surface area (Å²) in [7, 11) is 4.49. The predicted molar refractivity (Wildman–Crippen MR) is 87.4 cm³/mol. The van der Waals surface area contributed by atoms with E-state index in [-0.39, 0.29) is 18.4 Å². The molecule has 0 saturated heterocycles. The van der Waals surface area contributed by atoms with E-state index in [1.54, 1.807) is 12.1 Å². The van der Waals surface area contributed by atoms with Crippen LogP contribution in [0.4, 0.5) is 5.69 Å². The third-order valence-corrected chi connectivity index (χ3v) is 3.22. The first-order chi connectivity index (χ1) is 11.0. The van der Waals surface area contributed by atoms with Crippen molar-refractivity contribution >= 4 is 17.5 Å². The van der Waals surface area contributed by atoms with E-state index in [2.05, 4.69) is 5.32 Å². The van der Waals surface area contributed by atoms with Gasteiger partial charge in [0.15, 0.2) is 11.5 Å². The van der Waals surface area contributed by atoms with Crippen LogP contribution in [0.15, 0.2) is 12.1 Å². The van der Waals surface area contributed by atoms with Gasteiger partial charge < -0.3 is 24.4 Å². The molecule has 0 saturated carbocycles. The number of anilines is 1. The summed E-state index contributed by atoms with van der Waals surface area (Å²) in [5.74, 6) is 0.781. The minimum atomic E-state index is -0.258. The van der Waals surface area contributed by atoms with E-state index in [1.165, 1.54) is 33.2 Å². The number of methoxy groups -OCH3 is 3. The zero-order valence-corrected chi connectivity index (χ0v) is 14.3. The number of carbonyl (C=O) groups is 2. The Kier molecular flexibility index (Phi) is 7.18. The molecule has 0 bridgehead atoms. The van der Waals surface area contributed by atoms with Gasteiger partial charge in [0.25, 0.3) is 0 Å². The monoisotopic (exact) mass is 324 g/mol. The molecule has 23 heavy (non-hydrogen) atoms. The Morgan fingerprint density at radius 1 is 1.09 bits per heavy atom. The van der Waals surface area contributed by atoms with Gasteiger partial charge in [-0.2, -0.15) is 0 Å². The number of rotatable bonds is 8. The Labute approximate surface area is 136 Å². The molecule has 0 heterocycles. The zero-order valence-electron chi connectivity index (χ0n) is 14.3. The van der Waals surface area contributed by atoms with Crippen LogP contribution in [0.3, 0.4) is 0 Å². The van der Waals surface area contributed by atoms with Crippen LogP contribution in [0.2, 0.25) is 0 Å². The summed E-state index contributed by atoms with van der Waals surface area (Å²) in [6.45, 7) is 3.85. The third kappa shape index (κ3) is 4.77. The van der Waals surface area contributed by atoms with Crippen LogP contribution >= 0.6 is 0 Å². The second kappa shape index (κ2) is 8.87. The quantitative estimate of drug-likeness (QED) is 0.786. The second-order valence-corrected chi connectivity index (χ2v) is 4.84. The fourth-order valence-corrected chi connectivity index (χ4v) is 2.07. The van der Waals surface area contributed by atoms with Crippen LogP contribution in [0, 0.1) is 0 Å². The van der Waals surface area contributed by atoms with Crippen molar-refractivity contribution in [1.82, 2.24) is 5.32 Å². The van der Waals surface area contributed by atoms with Crippen molar-refractivity contribution in [2.45, 2.75) is 20.3 Å². The molecule has 0 atom stereocenters. The lowest BCUT2D eigenvalue weighted by atomic mass is 10.2. The second-order valence-electron chi connectivity index (χ2n) is 4.84. The van der Waals surface area contributed by atoms with Gasteiger partial charge in [-0.3, -0.25) is 9.59 Å². The summed E-state index contributed by atoms with van der Waals surface area (Å²) >= 11 is 0. The molecular formula is C16H24N2O5. The minimum absolute atomic E-state index is 0.0754. The van der Waals surface area contributed by atoms with Crippen LogP contribution in [0.5, 0.6) is 17.2 Å². The number of benzene rings is 1. The maximum atomic E-state index is 11.9. The molecule has 0 aliphatic heterocycles. The van der Waals surface area contributed by atoms with Gasteiger partial charge in [-0.05, 0) is 6.42 Å². The molecule has 0 radical (unpaired) electrons. The van der Waals surface area contributed by atoms with Gasteiger partial charge in [0.2, 0.25) is 17.6 Å². The lowest BCUT2D eigenvalue weighted by Crippen LogP contribution is -2.40. The highest BCUT2D eigenvalue weighted by Gasteiger charge is 2.20. The molecule has 7 nitrogen and oxygen atoms in total. The summed E-state index contributed by atoms with van der Waals surface area (Å²) < 4.78 is 15.8. The maximum absolute atomic E-state index is 11.9. The van der Waals surface area contributed by atoms with Crippen molar-refractivity contribution in [2.24, 2.45) is 0 Å². The number of nitrogens with zero attached hydrogens (tertiary/aromatic N) is 1. The van der Waals surface area contributed by atoms with E-state index in [0.717, 1.165) is 6.42 Å². The summed E-state index contributed by atoms with van der Waals surface area (Å²) in [4.78, 5) is 25.2. The topological polar surface area (TPSA) is 77.1 Å². The van der Waals surface area contributed by atoms with Gasteiger partial charge in [0.05, 0.1) is 27.0 Å². The predicted octanol–water partition coefficient (Wildman–Crippen LogP) is 1.59. The molecule has 7 heteroatoms. The van der Waals surface area contributed by atoms with Crippen molar-refractivity contribution in [3.63, 3.8) is 0 Å². The van der Waals surface area contributed by atoms with Crippen molar-refractivity contribution in [2.75, 3.05) is 39.3 Å². The lowest BCUT2D eigenvalue weighted by Gasteiger charge is -2.23. The van der Waals surface area contributed by atoms with E-state index in [0.29, 0.717) is 29.5 Å². The molecule has 0 fully saturated rings. The molecule has 0 unspecified atom stereocenters. The average molecular weight is 324 g/mol. The fraction of sp³-hybridized carbons (Fsp3) is 0.500. The summed E-state index contributed by atoms with van der Waals surface area (Å²) in [5.41, 5.74) is 0.499. The van der Waals surface area contributed by atoms with Gasteiger partial charge in [-0.25, -0.2) is 0 Å². The third-order valence-electron chi connectivity index (χ3n) is 3.22. The van der Waals surface area contributed by atoms with Crippen LogP contribution in [0.25, 0.3) is 0 Å². The van der Waals surface area contributed by atoms with Crippen molar-refractivity contribution in [1.29, 1.82) is 0 Å². The number of nitrogens with one attached hydrogen (secondary N) is 1. The van der Waals surface area contributed by atoms with Gasteiger partial charge in [0, 0.05) is 25.6 Å². The molecule has 1 N–H and O–H groups in total. The average Bonchev–Trinajstić information content (AvgIpc) is 2.55. The van der Waals surface area contributed by atoms with Crippen LogP contribution in [-0.4, -0.2) is 46.2 Å².